The fraction of sp³-hybridized carbons (Fsp3) is 0.533. The zero-order valence-corrected chi connectivity index (χ0v) is 15.4. The summed E-state index contributed by atoms with van der Waals surface area (Å²) in [4.78, 5) is 4.36. The zero-order chi connectivity index (χ0) is 15.8. The molecule has 0 saturated heterocycles. The van der Waals surface area contributed by atoms with Gasteiger partial charge in [0.05, 0.1) is 6.04 Å². The lowest BCUT2D eigenvalue weighted by Gasteiger charge is -2.19. The van der Waals surface area contributed by atoms with Gasteiger partial charge in [0.15, 0.2) is 17.6 Å². The van der Waals surface area contributed by atoms with Crippen molar-refractivity contribution in [2.24, 2.45) is 10.9 Å². The molecule has 22 heavy (non-hydrogen) atoms. The highest BCUT2D eigenvalue weighted by Gasteiger charge is 2.11. The van der Waals surface area contributed by atoms with Crippen molar-refractivity contribution in [1.29, 1.82) is 0 Å². The number of aliphatic hydroxyl groups is 1. The highest BCUT2D eigenvalue weighted by Crippen LogP contribution is 2.15. The number of aliphatic hydroxyl groups excluding tert-OH is 1. The summed E-state index contributed by atoms with van der Waals surface area (Å²) < 4.78 is 26.2. The van der Waals surface area contributed by atoms with Gasteiger partial charge in [-0.3, -0.25) is 4.99 Å². The number of nitrogens with one attached hydrogen (secondary N) is 2. The van der Waals surface area contributed by atoms with E-state index in [1.807, 2.05) is 20.8 Å². The summed E-state index contributed by atoms with van der Waals surface area (Å²) in [6.07, 6.45) is 0. The van der Waals surface area contributed by atoms with Gasteiger partial charge in [0, 0.05) is 19.7 Å². The molecule has 1 aromatic carbocycles. The number of aliphatic imine (C=N–C) groups is 1. The van der Waals surface area contributed by atoms with Gasteiger partial charge < -0.3 is 15.7 Å². The smallest absolute Gasteiger partial charge is 0.191 e. The maximum Gasteiger partial charge on any atom is 0.191 e. The van der Waals surface area contributed by atoms with Crippen LogP contribution in [0.25, 0.3) is 0 Å². The van der Waals surface area contributed by atoms with Crippen molar-refractivity contribution in [2.75, 3.05) is 19.7 Å². The summed E-state index contributed by atoms with van der Waals surface area (Å²) in [7, 11) is 0. The molecule has 0 radical (unpaired) electrons. The van der Waals surface area contributed by atoms with Gasteiger partial charge in [0.1, 0.15) is 0 Å². The molecule has 2 atom stereocenters. The minimum atomic E-state index is -0.864. The maximum absolute atomic E-state index is 13.2. The molecule has 7 heteroatoms. The number of halogens is 3. The molecule has 0 aromatic heterocycles. The van der Waals surface area contributed by atoms with E-state index in [9.17, 15) is 8.78 Å². The number of rotatable bonds is 6. The first-order valence-electron chi connectivity index (χ1n) is 7.08. The molecule has 0 fully saturated rings. The maximum atomic E-state index is 13.2. The SMILES string of the molecule is CCNC(=NCC(C)CO)NC(C)c1ccc(F)c(F)c1.I. The van der Waals surface area contributed by atoms with Crippen molar-refractivity contribution in [3.05, 3.63) is 35.4 Å². The van der Waals surface area contributed by atoms with Gasteiger partial charge in [-0.25, -0.2) is 8.78 Å². The molecule has 1 aromatic rings. The summed E-state index contributed by atoms with van der Waals surface area (Å²) in [5, 5.41) is 15.2. The van der Waals surface area contributed by atoms with Gasteiger partial charge >= 0.3 is 0 Å². The summed E-state index contributed by atoms with van der Waals surface area (Å²) in [5.74, 6) is -1.07. The molecular weight excluding hydrogens is 403 g/mol. The Bertz CT molecular complexity index is 486. The first kappa shape index (κ1) is 21.0. The normalized spacial score (nSPS) is 14.0. The third-order valence-corrected chi connectivity index (χ3v) is 3.01. The lowest BCUT2D eigenvalue weighted by Crippen LogP contribution is -2.39. The molecule has 2 unspecified atom stereocenters. The summed E-state index contributed by atoms with van der Waals surface area (Å²) in [5.41, 5.74) is 0.634. The van der Waals surface area contributed by atoms with E-state index in [4.69, 9.17) is 5.11 Å². The minimum absolute atomic E-state index is 0. The Balaban J connectivity index is 0.00000441. The van der Waals surface area contributed by atoms with E-state index in [1.54, 1.807) is 0 Å². The minimum Gasteiger partial charge on any atom is -0.396 e. The quantitative estimate of drug-likeness (QED) is 0.372. The van der Waals surface area contributed by atoms with Crippen LogP contribution in [0.3, 0.4) is 0 Å². The number of hydrogen-bond acceptors (Lipinski definition) is 2. The molecule has 3 N–H and O–H groups in total. The van der Waals surface area contributed by atoms with Crippen molar-refractivity contribution >= 4 is 29.9 Å². The van der Waals surface area contributed by atoms with Crippen LogP contribution in [0.4, 0.5) is 8.78 Å². The van der Waals surface area contributed by atoms with E-state index >= 15 is 0 Å². The summed E-state index contributed by atoms with van der Waals surface area (Å²) in [6.45, 7) is 6.91. The summed E-state index contributed by atoms with van der Waals surface area (Å²) in [6, 6.07) is 3.60. The van der Waals surface area contributed by atoms with Crippen LogP contribution in [0, 0.1) is 17.6 Å². The average Bonchev–Trinajstić information content (AvgIpc) is 2.47. The van der Waals surface area contributed by atoms with Crippen molar-refractivity contribution in [3.63, 3.8) is 0 Å². The Kier molecular flexibility index (Phi) is 10.2. The monoisotopic (exact) mass is 427 g/mol. The van der Waals surface area contributed by atoms with Crippen LogP contribution in [0.2, 0.25) is 0 Å². The molecule has 0 saturated carbocycles. The highest BCUT2D eigenvalue weighted by atomic mass is 127. The van der Waals surface area contributed by atoms with E-state index in [2.05, 4.69) is 15.6 Å². The molecule has 0 bridgehead atoms. The molecule has 0 aliphatic carbocycles. The van der Waals surface area contributed by atoms with Crippen LogP contribution in [0.5, 0.6) is 0 Å². The largest absolute Gasteiger partial charge is 0.396 e. The van der Waals surface area contributed by atoms with Crippen molar-refractivity contribution < 1.29 is 13.9 Å². The number of hydrogen-bond donors (Lipinski definition) is 3. The highest BCUT2D eigenvalue weighted by molar-refractivity contribution is 14.0. The van der Waals surface area contributed by atoms with Crippen LogP contribution in [0.1, 0.15) is 32.4 Å². The van der Waals surface area contributed by atoms with E-state index in [0.29, 0.717) is 24.6 Å². The predicted molar refractivity (Wildman–Crippen MR) is 95.6 cm³/mol. The van der Waals surface area contributed by atoms with Gasteiger partial charge in [-0.15, -0.1) is 24.0 Å². The topological polar surface area (TPSA) is 56.7 Å². The molecule has 4 nitrogen and oxygen atoms in total. The van der Waals surface area contributed by atoms with Crippen molar-refractivity contribution in [2.45, 2.75) is 26.8 Å². The van der Waals surface area contributed by atoms with E-state index in [0.717, 1.165) is 6.07 Å². The molecule has 126 valence electrons. The Hall–Kier alpha value is -0.960. The second-order valence-electron chi connectivity index (χ2n) is 5.05. The third-order valence-electron chi connectivity index (χ3n) is 3.01. The van der Waals surface area contributed by atoms with Gasteiger partial charge in [-0.1, -0.05) is 13.0 Å². The van der Waals surface area contributed by atoms with E-state index < -0.39 is 11.6 Å². The van der Waals surface area contributed by atoms with Gasteiger partial charge in [0.2, 0.25) is 0 Å². The second kappa shape index (κ2) is 10.7. The van der Waals surface area contributed by atoms with E-state index in [1.165, 1.54) is 12.1 Å². The number of benzene rings is 1. The van der Waals surface area contributed by atoms with Crippen LogP contribution in [-0.2, 0) is 0 Å². The summed E-state index contributed by atoms with van der Waals surface area (Å²) >= 11 is 0. The van der Waals surface area contributed by atoms with E-state index in [-0.39, 0.29) is 42.5 Å². The molecule has 0 aliphatic rings. The van der Waals surface area contributed by atoms with Crippen molar-refractivity contribution in [1.82, 2.24) is 10.6 Å². The average molecular weight is 427 g/mol. The van der Waals surface area contributed by atoms with Gasteiger partial charge in [0.25, 0.3) is 0 Å². The standard InChI is InChI=1S/C15H23F2N3O.HI/c1-4-18-15(19-8-10(2)9-21)20-11(3)12-5-6-13(16)14(17)7-12;/h5-7,10-11,21H,4,8-9H2,1-3H3,(H2,18,19,20);1H. The molecular formula is C15H24F2IN3O. The predicted octanol–water partition coefficient (Wildman–Crippen LogP) is 2.83. The van der Waals surface area contributed by atoms with Crippen LogP contribution < -0.4 is 10.6 Å². The van der Waals surface area contributed by atoms with Crippen LogP contribution >= 0.6 is 24.0 Å². The van der Waals surface area contributed by atoms with Gasteiger partial charge in [-0.2, -0.15) is 0 Å². The van der Waals surface area contributed by atoms with Crippen LogP contribution in [-0.4, -0.2) is 30.8 Å². The molecule has 0 heterocycles. The molecule has 0 spiro atoms. The number of guanidine groups is 1. The lowest BCUT2D eigenvalue weighted by molar-refractivity contribution is 0.241. The molecule has 0 aliphatic heterocycles. The number of nitrogens with zero attached hydrogens (tertiary/aromatic N) is 1. The Labute approximate surface area is 147 Å². The third kappa shape index (κ3) is 6.87. The van der Waals surface area contributed by atoms with Crippen molar-refractivity contribution in [3.8, 4) is 0 Å². The molecule has 0 amide bonds. The second-order valence-corrected chi connectivity index (χ2v) is 5.05. The fourth-order valence-electron chi connectivity index (χ4n) is 1.70. The Morgan fingerprint density at radius 1 is 1.27 bits per heavy atom. The van der Waals surface area contributed by atoms with Crippen LogP contribution in [0.15, 0.2) is 23.2 Å². The van der Waals surface area contributed by atoms with Gasteiger partial charge in [-0.05, 0) is 37.5 Å². The molecule has 1 rings (SSSR count). The Morgan fingerprint density at radius 2 is 1.95 bits per heavy atom. The Morgan fingerprint density at radius 3 is 2.50 bits per heavy atom. The zero-order valence-electron chi connectivity index (χ0n) is 13.1. The lowest BCUT2D eigenvalue weighted by atomic mass is 10.1. The first-order valence-corrected chi connectivity index (χ1v) is 7.08. The fourth-order valence-corrected chi connectivity index (χ4v) is 1.70. The first-order chi connectivity index (χ1) is 9.97.